The number of thioether (sulfide) groups is 1. The molecule has 0 radical (unpaired) electrons. The number of carbonyl (C=O) groups excluding carboxylic acids is 1. The molecule has 24 heavy (non-hydrogen) atoms. The van der Waals surface area contributed by atoms with Gasteiger partial charge in [0.25, 0.3) is 5.56 Å². The van der Waals surface area contributed by atoms with E-state index in [2.05, 4.69) is 9.97 Å². The Balaban J connectivity index is 2.76. The summed E-state index contributed by atoms with van der Waals surface area (Å²) in [5.41, 5.74) is -0.635. The first-order chi connectivity index (χ1) is 11.4. The monoisotopic (exact) mass is 351 g/mol. The number of esters is 1. The zero-order valence-corrected chi connectivity index (χ0v) is 15.0. The Morgan fingerprint density at radius 2 is 2.17 bits per heavy atom. The van der Waals surface area contributed by atoms with E-state index >= 15 is 0 Å². The maximum atomic E-state index is 12.8. The molecule has 0 spiro atoms. The number of carbonyl (C=O) groups is 1. The lowest BCUT2D eigenvalue weighted by atomic mass is 10.1. The number of aromatic nitrogens is 3. The Bertz CT molecular complexity index is 817. The van der Waals surface area contributed by atoms with Gasteiger partial charge in [-0.05, 0) is 25.5 Å². The van der Waals surface area contributed by atoms with Gasteiger partial charge in [-0.25, -0.2) is 14.8 Å². The van der Waals surface area contributed by atoms with Crippen molar-refractivity contribution in [3.05, 3.63) is 22.1 Å². The van der Waals surface area contributed by atoms with Crippen molar-refractivity contribution in [2.75, 3.05) is 12.9 Å². The first-order valence-corrected chi connectivity index (χ1v) is 8.96. The summed E-state index contributed by atoms with van der Waals surface area (Å²) in [5.74, 6) is -0.898. The van der Waals surface area contributed by atoms with E-state index in [1.54, 1.807) is 6.92 Å². The van der Waals surface area contributed by atoms with E-state index in [9.17, 15) is 14.7 Å². The number of pyridine rings is 1. The summed E-state index contributed by atoms with van der Waals surface area (Å²) >= 11 is 1.34. The first-order valence-electron chi connectivity index (χ1n) is 7.74. The summed E-state index contributed by atoms with van der Waals surface area (Å²) in [6.45, 7) is 6.24. The Kier molecular flexibility index (Phi) is 5.82. The van der Waals surface area contributed by atoms with E-state index in [1.807, 2.05) is 20.1 Å². The Morgan fingerprint density at radius 3 is 2.75 bits per heavy atom. The van der Waals surface area contributed by atoms with Crippen LogP contribution in [0.4, 0.5) is 0 Å². The zero-order valence-electron chi connectivity index (χ0n) is 14.2. The van der Waals surface area contributed by atoms with Crippen LogP contribution in [0.2, 0.25) is 0 Å². The SMILES string of the molecule is CCOC(=O)c1c(O)c2cnc(SC)nc2n(CCC(C)C)c1=O. The molecule has 0 aliphatic carbocycles. The lowest BCUT2D eigenvalue weighted by Crippen LogP contribution is -2.29. The van der Waals surface area contributed by atoms with Crippen LogP contribution in [0.15, 0.2) is 16.1 Å². The Morgan fingerprint density at radius 1 is 1.46 bits per heavy atom. The molecule has 2 aromatic rings. The molecule has 1 N–H and O–H groups in total. The van der Waals surface area contributed by atoms with E-state index in [-0.39, 0.29) is 17.6 Å². The van der Waals surface area contributed by atoms with Crippen molar-refractivity contribution in [2.45, 2.75) is 38.9 Å². The third-order valence-corrected chi connectivity index (χ3v) is 4.11. The highest BCUT2D eigenvalue weighted by Gasteiger charge is 2.24. The topological polar surface area (TPSA) is 94.3 Å². The third-order valence-electron chi connectivity index (χ3n) is 3.55. The molecule has 0 aromatic carbocycles. The van der Waals surface area contributed by atoms with Gasteiger partial charge in [-0.3, -0.25) is 9.36 Å². The fraction of sp³-hybridized carbons (Fsp3) is 0.500. The van der Waals surface area contributed by atoms with Gasteiger partial charge in [0.1, 0.15) is 5.75 Å². The molecular weight excluding hydrogens is 330 g/mol. The molecular formula is C16H21N3O4S. The molecule has 0 aliphatic heterocycles. The standard InChI is InChI=1S/C16H21N3O4S/c1-5-23-15(22)11-12(20)10-8-17-16(24-4)18-13(10)19(14(11)21)7-6-9(2)3/h8-9,20H,5-7H2,1-4H3. The molecule has 0 atom stereocenters. The summed E-state index contributed by atoms with van der Waals surface area (Å²) in [6, 6.07) is 0. The van der Waals surface area contributed by atoms with Gasteiger partial charge in [0, 0.05) is 12.7 Å². The minimum atomic E-state index is -0.839. The van der Waals surface area contributed by atoms with Crippen LogP contribution in [0.1, 0.15) is 37.6 Å². The molecule has 2 aromatic heterocycles. The summed E-state index contributed by atoms with van der Waals surface area (Å²) in [7, 11) is 0. The van der Waals surface area contributed by atoms with Gasteiger partial charge in [0.2, 0.25) is 0 Å². The number of nitrogens with zero attached hydrogens (tertiary/aromatic N) is 3. The van der Waals surface area contributed by atoms with Gasteiger partial charge in [-0.2, -0.15) is 0 Å². The summed E-state index contributed by atoms with van der Waals surface area (Å²) in [5, 5.41) is 11.1. The summed E-state index contributed by atoms with van der Waals surface area (Å²) < 4.78 is 6.33. The highest BCUT2D eigenvalue weighted by molar-refractivity contribution is 7.98. The molecule has 7 nitrogen and oxygen atoms in total. The largest absolute Gasteiger partial charge is 0.506 e. The van der Waals surface area contributed by atoms with Gasteiger partial charge < -0.3 is 9.84 Å². The van der Waals surface area contributed by atoms with E-state index in [1.165, 1.54) is 22.5 Å². The van der Waals surface area contributed by atoms with Crippen molar-refractivity contribution in [3.63, 3.8) is 0 Å². The Labute approximate surface area is 144 Å². The van der Waals surface area contributed by atoms with Crippen molar-refractivity contribution in [3.8, 4) is 5.75 Å². The van der Waals surface area contributed by atoms with Gasteiger partial charge in [0.15, 0.2) is 16.4 Å². The smallest absolute Gasteiger partial charge is 0.347 e. The Hall–Kier alpha value is -2.09. The van der Waals surface area contributed by atoms with Crippen LogP contribution in [-0.4, -0.2) is 38.5 Å². The molecule has 8 heteroatoms. The van der Waals surface area contributed by atoms with Gasteiger partial charge in [-0.1, -0.05) is 25.6 Å². The van der Waals surface area contributed by atoms with Crippen LogP contribution >= 0.6 is 11.8 Å². The number of aromatic hydroxyl groups is 1. The quantitative estimate of drug-likeness (QED) is 0.485. The number of ether oxygens (including phenoxy) is 1. The van der Waals surface area contributed by atoms with Crippen LogP contribution in [-0.2, 0) is 11.3 Å². The number of aryl methyl sites for hydroxylation is 1. The minimum Gasteiger partial charge on any atom is -0.506 e. The average molecular weight is 351 g/mol. The first kappa shape index (κ1) is 18.3. The molecule has 0 saturated carbocycles. The van der Waals surface area contributed by atoms with Crippen molar-refractivity contribution >= 4 is 28.8 Å². The molecule has 0 aliphatic rings. The second kappa shape index (κ2) is 7.65. The van der Waals surface area contributed by atoms with Crippen molar-refractivity contribution < 1.29 is 14.6 Å². The normalized spacial score (nSPS) is 11.2. The molecule has 0 fully saturated rings. The molecule has 0 unspecified atom stereocenters. The van der Waals surface area contributed by atoms with Crippen molar-refractivity contribution in [2.24, 2.45) is 5.92 Å². The molecule has 2 rings (SSSR count). The summed E-state index contributed by atoms with van der Waals surface area (Å²) in [6.07, 6.45) is 3.99. The predicted octanol–water partition coefficient (Wildman–Crippen LogP) is 2.44. The maximum absolute atomic E-state index is 12.8. The van der Waals surface area contributed by atoms with Crippen LogP contribution in [0.25, 0.3) is 11.0 Å². The molecule has 130 valence electrons. The van der Waals surface area contributed by atoms with Gasteiger partial charge in [0.05, 0.1) is 12.0 Å². The minimum absolute atomic E-state index is 0.115. The highest BCUT2D eigenvalue weighted by Crippen LogP contribution is 2.27. The number of rotatable bonds is 6. The molecule has 0 amide bonds. The fourth-order valence-corrected chi connectivity index (χ4v) is 2.61. The van der Waals surface area contributed by atoms with Crippen LogP contribution in [0.3, 0.4) is 0 Å². The molecule has 0 saturated heterocycles. The second-order valence-corrected chi connectivity index (χ2v) is 6.45. The van der Waals surface area contributed by atoms with Crippen molar-refractivity contribution in [1.29, 1.82) is 0 Å². The average Bonchev–Trinajstić information content (AvgIpc) is 2.54. The maximum Gasteiger partial charge on any atom is 0.347 e. The van der Waals surface area contributed by atoms with E-state index in [4.69, 9.17) is 4.74 Å². The lowest BCUT2D eigenvalue weighted by Gasteiger charge is -2.14. The van der Waals surface area contributed by atoms with Crippen LogP contribution < -0.4 is 5.56 Å². The van der Waals surface area contributed by atoms with E-state index in [0.717, 1.165) is 6.42 Å². The third kappa shape index (κ3) is 3.53. The lowest BCUT2D eigenvalue weighted by molar-refractivity contribution is 0.0520. The number of fused-ring (bicyclic) bond motifs is 1. The van der Waals surface area contributed by atoms with E-state index < -0.39 is 17.3 Å². The predicted molar refractivity (Wildman–Crippen MR) is 92.7 cm³/mol. The van der Waals surface area contributed by atoms with E-state index in [0.29, 0.717) is 23.3 Å². The summed E-state index contributed by atoms with van der Waals surface area (Å²) in [4.78, 5) is 33.3. The highest BCUT2D eigenvalue weighted by atomic mass is 32.2. The van der Waals surface area contributed by atoms with Gasteiger partial charge >= 0.3 is 5.97 Å². The fourth-order valence-electron chi connectivity index (χ4n) is 2.28. The number of hydrogen-bond acceptors (Lipinski definition) is 7. The number of hydrogen-bond donors (Lipinski definition) is 1. The molecule has 2 heterocycles. The van der Waals surface area contributed by atoms with Gasteiger partial charge in [-0.15, -0.1) is 0 Å². The van der Waals surface area contributed by atoms with Crippen LogP contribution in [0, 0.1) is 5.92 Å². The zero-order chi connectivity index (χ0) is 17.9. The second-order valence-electron chi connectivity index (χ2n) is 5.68. The molecule has 0 bridgehead atoms. The van der Waals surface area contributed by atoms with Crippen LogP contribution in [0.5, 0.6) is 5.75 Å². The van der Waals surface area contributed by atoms with Crippen molar-refractivity contribution in [1.82, 2.24) is 14.5 Å².